The molecule has 0 spiro atoms. The van der Waals surface area contributed by atoms with Crippen LogP contribution in [0.3, 0.4) is 0 Å². The van der Waals surface area contributed by atoms with Crippen molar-refractivity contribution in [1.29, 1.82) is 0 Å². The first-order valence-corrected chi connectivity index (χ1v) is 8.03. The molecule has 1 amide bonds. The minimum Gasteiger partial charge on any atom is -0.393 e. The zero-order chi connectivity index (χ0) is 17.0. The highest BCUT2D eigenvalue weighted by atomic mass is 35.5. The van der Waals surface area contributed by atoms with E-state index in [2.05, 4.69) is 10.4 Å². The van der Waals surface area contributed by atoms with Gasteiger partial charge in [0.1, 0.15) is 0 Å². The Hall–Kier alpha value is -1.85. The van der Waals surface area contributed by atoms with Crippen LogP contribution >= 0.6 is 11.6 Å². The summed E-state index contributed by atoms with van der Waals surface area (Å²) >= 11 is 6.00. The Kier molecular flexibility index (Phi) is 5.80. The van der Waals surface area contributed by atoms with Gasteiger partial charge in [-0.05, 0) is 50.5 Å². The monoisotopic (exact) mass is 335 g/mol. The standard InChI is InChI=1S/C17H22ClN3O2/c1-11(7-13(3)22)10-19-17(23)16-8-12(2)21(20-16)15-6-4-5-14(18)9-15/h4-6,8-9,11,13,22H,7,10H2,1-3H3,(H,19,23)/t11-,13+/m1/s1. The SMILES string of the molecule is Cc1cc(C(=O)NC[C@H](C)C[C@H](C)O)nn1-c1cccc(Cl)c1. The maximum atomic E-state index is 12.2. The Balaban J connectivity index is 2.07. The van der Waals surface area contributed by atoms with Gasteiger partial charge in [-0.2, -0.15) is 5.10 Å². The summed E-state index contributed by atoms with van der Waals surface area (Å²) in [4.78, 5) is 12.2. The molecule has 2 N–H and O–H groups in total. The molecule has 0 bridgehead atoms. The molecule has 0 aliphatic carbocycles. The Labute approximate surface area is 141 Å². The number of halogens is 1. The molecule has 0 aliphatic rings. The summed E-state index contributed by atoms with van der Waals surface area (Å²) in [6.45, 7) is 6.13. The normalized spacial score (nSPS) is 13.6. The number of hydrogen-bond donors (Lipinski definition) is 2. The van der Waals surface area contributed by atoms with Crippen LogP contribution in [0.15, 0.2) is 30.3 Å². The van der Waals surface area contributed by atoms with Gasteiger partial charge in [0.05, 0.1) is 11.8 Å². The van der Waals surface area contributed by atoms with Gasteiger partial charge in [0.25, 0.3) is 5.91 Å². The highest BCUT2D eigenvalue weighted by Gasteiger charge is 2.15. The second kappa shape index (κ2) is 7.62. The summed E-state index contributed by atoms with van der Waals surface area (Å²) in [5, 5.41) is 17.2. The third-order valence-corrected chi connectivity index (χ3v) is 3.76. The van der Waals surface area contributed by atoms with E-state index in [9.17, 15) is 9.90 Å². The number of benzene rings is 1. The molecule has 5 nitrogen and oxygen atoms in total. The summed E-state index contributed by atoms with van der Waals surface area (Å²) in [5.74, 6) is -0.0126. The number of rotatable bonds is 6. The van der Waals surface area contributed by atoms with Crippen molar-refractivity contribution in [2.24, 2.45) is 5.92 Å². The summed E-state index contributed by atoms with van der Waals surface area (Å²) in [7, 11) is 0. The Bertz CT molecular complexity index is 682. The van der Waals surface area contributed by atoms with Crippen molar-refractivity contribution < 1.29 is 9.90 Å². The minimum absolute atomic E-state index is 0.204. The zero-order valence-electron chi connectivity index (χ0n) is 13.6. The fourth-order valence-electron chi connectivity index (χ4n) is 2.48. The van der Waals surface area contributed by atoms with Crippen molar-refractivity contribution in [2.45, 2.75) is 33.3 Å². The quantitative estimate of drug-likeness (QED) is 0.852. The van der Waals surface area contributed by atoms with Crippen molar-refractivity contribution in [2.75, 3.05) is 6.54 Å². The van der Waals surface area contributed by atoms with Crippen LogP contribution in [0.1, 0.15) is 36.5 Å². The van der Waals surface area contributed by atoms with Gasteiger partial charge < -0.3 is 10.4 Å². The third-order valence-electron chi connectivity index (χ3n) is 3.53. The van der Waals surface area contributed by atoms with E-state index in [0.29, 0.717) is 23.7 Å². The lowest BCUT2D eigenvalue weighted by atomic mass is 10.0. The van der Waals surface area contributed by atoms with Crippen LogP contribution in [0.5, 0.6) is 0 Å². The zero-order valence-corrected chi connectivity index (χ0v) is 14.3. The van der Waals surface area contributed by atoms with Crippen molar-refractivity contribution >= 4 is 17.5 Å². The summed E-state index contributed by atoms with van der Waals surface area (Å²) in [6.07, 6.45) is 0.280. The number of aromatic nitrogens is 2. The van der Waals surface area contributed by atoms with Crippen molar-refractivity contribution in [1.82, 2.24) is 15.1 Å². The summed E-state index contributed by atoms with van der Waals surface area (Å²) < 4.78 is 1.69. The molecule has 1 aromatic carbocycles. The van der Waals surface area contributed by atoms with Crippen LogP contribution in [0.25, 0.3) is 5.69 Å². The van der Waals surface area contributed by atoms with E-state index in [4.69, 9.17) is 11.6 Å². The van der Waals surface area contributed by atoms with Crippen LogP contribution in [-0.4, -0.2) is 33.4 Å². The predicted molar refractivity (Wildman–Crippen MR) is 91.1 cm³/mol. The van der Waals surface area contributed by atoms with Gasteiger partial charge >= 0.3 is 0 Å². The summed E-state index contributed by atoms with van der Waals surface area (Å²) in [6, 6.07) is 9.07. The molecular weight excluding hydrogens is 314 g/mol. The Morgan fingerprint density at radius 1 is 1.39 bits per heavy atom. The van der Waals surface area contributed by atoms with E-state index < -0.39 is 0 Å². The van der Waals surface area contributed by atoms with E-state index in [1.807, 2.05) is 26.0 Å². The predicted octanol–water partition coefficient (Wildman–Crippen LogP) is 2.97. The van der Waals surface area contributed by atoms with Crippen LogP contribution in [0.2, 0.25) is 5.02 Å². The number of amides is 1. The number of hydrogen-bond acceptors (Lipinski definition) is 3. The molecule has 0 unspecified atom stereocenters. The topological polar surface area (TPSA) is 67.2 Å². The Morgan fingerprint density at radius 3 is 2.78 bits per heavy atom. The number of aliphatic hydroxyl groups is 1. The molecule has 1 heterocycles. The second-order valence-corrected chi connectivity index (χ2v) is 6.40. The molecule has 6 heteroatoms. The van der Waals surface area contributed by atoms with Crippen LogP contribution in [0, 0.1) is 12.8 Å². The van der Waals surface area contributed by atoms with Gasteiger partial charge in [0, 0.05) is 17.3 Å². The average Bonchev–Trinajstić information content (AvgIpc) is 2.86. The minimum atomic E-state index is -0.369. The lowest BCUT2D eigenvalue weighted by Crippen LogP contribution is -2.29. The lowest BCUT2D eigenvalue weighted by molar-refractivity contribution is 0.0934. The van der Waals surface area contributed by atoms with Crippen molar-refractivity contribution in [3.05, 3.63) is 46.7 Å². The number of aliphatic hydroxyl groups excluding tert-OH is 1. The van der Waals surface area contributed by atoms with Gasteiger partial charge in [-0.15, -0.1) is 0 Å². The number of carbonyl (C=O) groups is 1. The van der Waals surface area contributed by atoms with E-state index in [1.54, 1.807) is 29.8 Å². The highest BCUT2D eigenvalue weighted by Crippen LogP contribution is 2.17. The van der Waals surface area contributed by atoms with Gasteiger partial charge in [0.2, 0.25) is 0 Å². The second-order valence-electron chi connectivity index (χ2n) is 5.96. The molecule has 0 saturated heterocycles. The van der Waals surface area contributed by atoms with Gasteiger partial charge in [-0.25, -0.2) is 4.68 Å². The largest absolute Gasteiger partial charge is 0.393 e. The van der Waals surface area contributed by atoms with E-state index in [-0.39, 0.29) is 17.9 Å². The first-order chi connectivity index (χ1) is 10.9. The molecule has 2 aromatic rings. The average molecular weight is 336 g/mol. The fourth-order valence-corrected chi connectivity index (χ4v) is 2.66. The first-order valence-electron chi connectivity index (χ1n) is 7.65. The molecule has 1 aromatic heterocycles. The van der Waals surface area contributed by atoms with Gasteiger partial charge in [-0.3, -0.25) is 4.79 Å². The van der Waals surface area contributed by atoms with E-state index >= 15 is 0 Å². The molecule has 0 fully saturated rings. The van der Waals surface area contributed by atoms with E-state index in [1.165, 1.54) is 0 Å². The van der Waals surface area contributed by atoms with E-state index in [0.717, 1.165) is 11.4 Å². The molecule has 124 valence electrons. The van der Waals surface area contributed by atoms with Gasteiger partial charge in [-0.1, -0.05) is 24.6 Å². The maximum Gasteiger partial charge on any atom is 0.271 e. The molecule has 0 aliphatic heterocycles. The molecule has 2 rings (SSSR count). The number of nitrogens with one attached hydrogen (secondary N) is 1. The fraction of sp³-hybridized carbons (Fsp3) is 0.412. The Morgan fingerprint density at radius 2 is 2.13 bits per heavy atom. The van der Waals surface area contributed by atoms with Crippen LogP contribution < -0.4 is 5.32 Å². The van der Waals surface area contributed by atoms with Crippen LogP contribution in [0.4, 0.5) is 0 Å². The molecule has 23 heavy (non-hydrogen) atoms. The smallest absolute Gasteiger partial charge is 0.271 e. The highest BCUT2D eigenvalue weighted by molar-refractivity contribution is 6.30. The van der Waals surface area contributed by atoms with Crippen molar-refractivity contribution in [3.8, 4) is 5.69 Å². The third kappa shape index (κ3) is 4.81. The molecule has 0 radical (unpaired) electrons. The maximum absolute atomic E-state index is 12.2. The first kappa shape index (κ1) is 17.5. The number of nitrogens with zero attached hydrogens (tertiary/aromatic N) is 2. The summed E-state index contributed by atoms with van der Waals surface area (Å²) in [5.41, 5.74) is 2.04. The molecule has 2 atom stereocenters. The van der Waals surface area contributed by atoms with Crippen molar-refractivity contribution in [3.63, 3.8) is 0 Å². The number of aryl methyl sites for hydroxylation is 1. The van der Waals surface area contributed by atoms with Gasteiger partial charge in [0.15, 0.2) is 5.69 Å². The molecule has 0 saturated carbocycles. The number of carbonyl (C=O) groups excluding carboxylic acids is 1. The molecular formula is C17H22ClN3O2. The lowest BCUT2D eigenvalue weighted by Gasteiger charge is -2.13. The van der Waals surface area contributed by atoms with Crippen LogP contribution in [-0.2, 0) is 0 Å².